The Hall–Kier alpha value is -1.75. The van der Waals surface area contributed by atoms with Crippen LogP contribution in [0.2, 0.25) is 0 Å². The van der Waals surface area contributed by atoms with E-state index in [1.807, 2.05) is 25.1 Å². The predicted octanol–water partition coefficient (Wildman–Crippen LogP) is 3.59. The minimum atomic E-state index is -0.365. The van der Waals surface area contributed by atoms with Crippen LogP contribution < -0.4 is 5.32 Å². The molecule has 1 saturated heterocycles. The monoisotopic (exact) mass is 301 g/mol. The van der Waals surface area contributed by atoms with Gasteiger partial charge in [0.05, 0.1) is 18.8 Å². The minimum absolute atomic E-state index is 0.00199. The minimum Gasteiger partial charge on any atom is -0.349 e. The molecule has 1 fully saturated rings. The van der Waals surface area contributed by atoms with Gasteiger partial charge in [0, 0.05) is 6.54 Å². The molecule has 3 nitrogen and oxygen atoms in total. The van der Waals surface area contributed by atoms with E-state index in [9.17, 15) is 4.39 Å². The Kier molecular flexibility index (Phi) is 4.83. The van der Waals surface area contributed by atoms with Crippen LogP contribution in [0.15, 0.2) is 54.6 Å². The van der Waals surface area contributed by atoms with Gasteiger partial charge in [0.25, 0.3) is 0 Å². The van der Waals surface area contributed by atoms with Gasteiger partial charge >= 0.3 is 0 Å². The van der Waals surface area contributed by atoms with Gasteiger partial charge in [-0.1, -0.05) is 42.5 Å². The highest BCUT2D eigenvalue weighted by molar-refractivity contribution is 5.21. The average Bonchev–Trinajstić information content (AvgIpc) is 2.57. The van der Waals surface area contributed by atoms with Crippen LogP contribution in [0.5, 0.6) is 0 Å². The van der Waals surface area contributed by atoms with Gasteiger partial charge in [-0.2, -0.15) is 0 Å². The summed E-state index contributed by atoms with van der Waals surface area (Å²) in [6.07, 6.45) is -0.534. The van der Waals surface area contributed by atoms with E-state index in [1.165, 1.54) is 12.1 Å². The van der Waals surface area contributed by atoms with Crippen LogP contribution in [0.1, 0.15) is 30.2 Å². The first-order valence-electron chi connectivity index (χ1n) is 7.55. The van der Waals surface area contributed by atoms with E-state index in [-0.39, 0.29) is 24.3 Å². The van der Waals surface area contributed by atoms with Crippen LogP contribution in [0.4, 0.5) is 4.39 Å². The van der Waals surface area contributed by atoms with E-state index in [1.54, 1.807) is 12.1 Å². The second-order valence-corrected chi connectivity index (χ2v) is 5.41. The molecule has 0 radical (unpaired) electrons. The fourth-order valence-electron chi connectivity index (χ4n) is 2.65. The lowest BCUT2D eigenvalue weighted by molar-refractivity contribution is -0.200. The van der Waals surface area contributed by atoms with E-state index in [0.717, 1.165) is 17.7 Å². The Morgan fingerprint density at radius 3 is 2.59 bits per heavy atom. The summed E-state index contributed by atoms with van der Waals surface area (Å²) in [7, 11) is 0. The molecule has 0 bridgehead atoms. The summed E-state index contributed by atoms with van der Waals surface area (Å²) in [5, 5.41) is 3.44. The zero-order valence-electron chi connectivity index (χ0n) is 12.5. The van der Waals surface area contributed by atoms with E-state index in [0.29, 0.717) is 6.61 Å². The van der Waals surface area contributed by atoms with Crippen molar-refractivity contribution < 1.29 is 13.9 Å². The molecule has 3 unspecified atom stereocenters. The smallest absolute Gasteiger partial charge is 0.177 e. The maximum Gasteiger partial charge on any atom is 0.177 e. The molecular weight excluding hydrogens is 281 g/mol. The highest BCUT2D eigenvalue weighted by atomic mass is 19.1. The van der Waals surface area contributed by atoms with Crippen molar-refractivity contribution in [2.75, 3.05) is 13.2 Å². The van der Waals surface area contributed by atoms with Crippen molar-refractivity contribution in [3.8, 4) is 0 Å². The van der Waals surface area contributed by atoms with Gasteiger partial charge in [0.2, 0.25) is 0 Å². The number of hydrogen-bond acceptors (Lipinski definition) is 3. The molecule has 3 rings (SSSR count). The van der Waals surface area contributed by atoms with E-state index < -0.39 is 0 Å². The Morgan fingerprint density at radius 2 is 1.86 bits per heavy atom. The number of nitrogens with one attached hydrogen (secondary N) is 1. The van der Waals surface area contributed by atoms with Crippen LogP contribution >= 0.6 is 0 Å². The van der Waals surface area contributed by atoms with Gasteiger partial charge in [0.15, 0.2) is 6.29 Å². The van der Waals surface area contributed by atoms with Gasteiger partial charge in [0.1, 0.15) is 5.82 Å². The summed E-state index contributed by atoms with van der Waals surface area (Å²) in [5.41, 5.74) is 2.07. The van der Waals surface area contributed by atoms with Gasteiger partial charge in [-0.05, 0) is 30.2 Å². The van der Waals surface area contributed by atoms with E-state index in [2.05, 4.69) is 17.4 Å². The SMILES string of the molecule is CC(OC1OCCNC1c1ccccc1)c1ccc(F)cc1. The molecule has 22 heavy (non-hydrogen) atoms. The van der Waals surface area contributed by atoms with Crippen molar-refractivity contribution in [2.45, 2.75) is 25.4 Å². The molecule has 3 atom stereocenters. The number of ether oxygens (including phenoxy) is 2. The molecule has 116 valence electrons. The van der Waals surface area contributed by atoms with Crippen molar-refractivity contribution in [3.05, 3.63) is 71.5 Å². The van der Waals surface area contributed by atoms with Crippen LogP contribution in [0, 0.1) is 5.82 Å². The normalized spacial score (nSPS) is 23.2. The molecule has 1 aliphatic rings. The second kappa shape index (κ2) is 7.01. The Morgan fingerprint density at radius 1 is 1.14 bits per heavy atom. The summed E-state index contributed by atoms with van der Waals surface area (Å²) in [6, 6.07) is 16.5. The van der Waals surface area contributed by atoms with Crippen molar-refractivity contribution in [1.82, 2.24) is 5.32 Å². The van der Waals surface area contributed by atoms with E-state index >= 15 is 0 Å². The van der Waals surface area contributed by atoms with Gasteiger partial charge in [-0.25, -0.2) is 4.39 Å². The number of hydrogen-bond donors (Lipinski definition) is 1. The summed E-state index contributed by atoms with van der Waals surface area (Å²) in [6.45, 7) is 3.36. The molecular formula is C18H20FNO2. The lowest BCUT2D eigenvalue weighted by Crippen LogP contribution is -2.43. The maximum atomic E-state index is 13.0. The standard InChI is InChI=1S/C18H20FNO2/c1-13(14-7-9-16(19)10-8-14)22-18-17(20-11-12-21-18)15-5-3-2-4-6-15/h2-10,13,17-18,20H,11-12H2,1H3. The van der Waals surface area contributed by atoms with Crippen LogP contribution in [0.3, 0.4) is 0 Å². The molecule has 0 saturated carbocycles. The number of morpholine rings is 1. The fraction of sp³-hybridized carbons (Fsp3) is 0.333. The van der Waals surface area contributed by atoms with Crippen molar-refractivity contribution in [2.24, 2.45) is 0 Å². The average molecular weight is 301 g/mol. The summed E-state index contributed by atoms with van der Waals surface area (Å²) >= 11 is 0. The largest absolute Gasteiger partial charge is 0.349 e. The first-order chi connectivity index (χ1) is 10.7. The second-order valence-electron chi connectivity index (χ2n) is 5.41. The third-order valence-electron chi connectivity index (χ3n) is 3.86. The molecule has 0 aliphatic carbocycles. The highest BCUT2D eigenvalue weighted by Gasteiger charge is 2.29. The molecule has 1 aliphatic heterocycles. The molecule has 0 amide bonds. The van der Waals surface area contributed by atoms with Gasteiger partial charge in [-0.3, -0.25) is 0 Å². The Labute approximate surface area is 130 Å². The van der Waals surface area contributed by atoms with Gasteiger partial charge < -0.3 is 14.8 Å². The van der Waals surface area contributed by atoms with Crippen LogP contribution in [-0.2, 0) is 9.47 Å². The molecule has 2 aromatic rings. The molecule has 0 aromatic heterocycles. The third-order valence-corrected chi connectivity index (χ3v) is 3.86. The molecule has 0 spiro atoms. The summed E-state index contributed by atoms with van der Waals surface area (Å²) in [5.74, 6) is -0.242. The summed E-state index contributed by atoms with van der Waals surface area (Å²) in [4.78, 5) is 0. The number of rotatable bonds is 4. The number of halogens is 1. The van der Waals surface area contributed by atoms with E-state index in [4.69, 9.17) is 9.47 Å². The molecule has 1 heterocycles. The molecule has 2 aromatic carbocycles. The number of benzene rings is 2. The fourth-order valence-corrected chi connectivity index (χ4v) is 2.65. The van der Waals surface area contributed by atoms with Crippen LogP contribution in [0.25, 0.3) is 0 Å². The quantitative estimate of drug-likeness (QED) is 0.936. The predicted molar refractivity (Wildman–Crippen MR) is 82.8 cm³/mol. The lowest BCUT2D eigenvalue weighted by Gasteiger charge is -2.34. The first kappa shape index (κ1) is 15.2. The van der Waals surface area contributed by atoms with Gasteiger partial charge in [-0.15, -0.1) is 0 Å². The third kappa shape index (κ3) is 3.53. The van der Waals surface area contributed by atoms with Crippen molar-refractivity contribution in [3.63, 3.8) is 0 Å². The van der Waals surface area contributed by atoms with Crippen LogP contribution in [-0.4, -0.2) is 19.4 Å². The Bertz CT molecular complexity index is 588. The molecule has 1 N–H and O–H groups in total. The highest BCUT2D eigenvalue weighted by Crippen LogP contribution is 2.28. The summed E-state index contributed by atoms with van der Waals surface area (Å²) < 4.78 is 24.9. The van der Waals surface area contributed by atoms with Crippen molar-refractivity contribution in [1.29, 1.82) is 0 Å². The Balaban J connectivity index is 1.72. The first-order valence-corrected chi connectivity index (χ1v) is 7.55. The molecule has 4 heteroatoms. The maximum absolute atomic E-state index is 13.0. The zero-order valence-corrected chi connectivity index (χ0v) is 12.5. The topological polar surface area (TPSA) is 30.5 Å². The lowest BCUT2D eigenvalue weighted by atomic mass is 10.1. The van der Waals surface area contributed by atoms with Crippen molar-refractivity contribution >= 4 is 0 Å². The zero-order chi connectivity index (χ0) is 15.4.